The van der Waals surface area contributed by atoms with E-state index in [1.165, 1.54) is 12.1 Å². The highest BCUT2D eigenvalue weighted by molar-refractivity contribution is 5.96. The zero-order valence-electron chi connectivity index (χ0n) is 13.6. The number of fused-ring (bicyclic) bond motifs is 1. The summed E-state index contributed by atoms with van der Waals surface area (Å²) in [6, 6.07) is 2.84. The SMILES string of the molecule is CCc1noc(C)c1C(=O)NCCc1cc(F)cc2c1OCOC2. The third kappa shape index (κ3) is 3.26. The van der Waals surface area contributed by atoms with Gasteiger partial charge in [-0.05, 0) is 37.5 Å². The second kappa shape index (κ2) is 7.00. The maximum atomic E-state index is 13.7. The lowest BCUT2D eigenvalue weighted by atomic mass is 10.0. The van der Waals surface area contributed by atoms with Gasteiger partial charge in [-0.25, -0.2) is 4.39 Å². The summed E-state index contributed by atoms with van der Waals surface area (Å²) in [5, 5.41) is 6.70. The normalized spacial score (nSPS) is 13.3. The Morgan fingerprint density at radius 1 is 1.42 bits per heavy atom. The van der Waals surface area contributed by atoms with E-state index >= 15 is 0 Å². The minimum Gasteiger partial charge on any atom is -0.467 e. The lowest BCUT2D eigenvalue weighted by molar-refractivity contribution is -0.0172. The van der Waals surface area contributed by atoms with Crippen molar-refractivity contribution in [2.75, 3.05) is 13.3 Å². The van der Waals surface area contributed by atoms with Crippen molar-refractivity contribution in [3.63, 3.8) is 0 Å². The lowest BCUT2D eigenvalue weighted by Crippen LogP contribution is -2.27. The summed E-state index contributed by atoms with van der Waals surface area (Å²) in [4.78, 5) is 12.3. The number of halogens is 1. The molecular formula is C17H19FN2O4. The molecule has 0 saturated heterocycles. The van der Waals surface area contributed by atoms with Crippen LogP contribution in [0.2, 0.25) is 0 Å². The van der Waals surface area contributed by atoms with Crippen LogP contribution < -0.4 is 10.1 Å². The molecule has 2 heterocycles. The maximum Gasteiger partial charge on any atom is 0.256 e. The van der Waals surface area contributed by atoms with Crippen LogP contribution in [0.3, 0.4) is 0 Å². The summed E-state index contributed by atoms with van der Waals surface area (Å²) in [6.45, 7) is 4.45. The number of aromatic nitrogens is 1. The van der Waals surface area contributed by atoms with Crippen molar-refractivity contribution >= 4 is 5.91 Å². The summed E-state index contributed by atoms with van der Waals surface area (Å²) in [7, 11) is 0. The maximum absolute atomic E-state index is 13.7. The number of carbonyl (C=O) groups excluding carboxylic acids is 1. The van der Waals surface area contributed by atoms with Crippen LogP contribution in [0.25, 0.3) is 0 Å². The Morgan fingerprint density at radius 3 is 3.04 bits per heavy atom. The number of ether oxygens (including phenoxy) is 2. The van der Waals surface area contributed by atoms with E-state index in [0.29, 0.717) is 59.9 Å². The third-order valence-corrected chi connectivity index (χ3v) is 3.93. The minimum atomic E-state index is -0.340. The zero-order valence-corrected chi connectivity index (χ0v) is 13.6. The van der Waals surface area contributed by atoms with Gasteiger partial charge in [0.1, 0.15) is 22.9 Å². The van der Waals surface area contributed by atoms with E-state index < -0.39 is 0 Å². The smallest absolute Gasteiger partial charge is 0.256 e. The molecule has 1 aliphatic heterocycles. The van der Waals surface area contributed by atoms with Crippen LogP contribution in [0.5, 0.6) is 5.75 Å². The number of hydrogen-bond acceptors (Lipinski definition) is 5. The van der Waals surface area contributed by atoms with Crippen LogP contribution in [-0.2, 0) is 24.2 Å². The van der Waals surface area contributed by atoms with Crippen LogP contribution in [0.4, 0.5) is 4.39 Å². The predicted octanol–water partition coefficient (Wildman–Crippen LogP) is 2.52. The van der Waals surface area contributed by atoms with Crippen molar-refractivity contribution in [1.29, 1.82) is 0 Å². The number of hydrogen-bond donors (Lipinski definition) is 1. The first kappa shape index (κ1) is 16.4. The molecule has 1 aliphatic rings. The molecule has 1 aromatic heterocycles. The van der Waals surface area contributed by atoms with Crippen molar-refractivity contribution < 1.29 is 23.2 Å². The molecule has 2 aromatic rings. The fourth-order valence-corrected chi connectivity index (χ4v) is 2.79. The first-order valence-corrected chi connectivity index (χ1v) is 7.85. The fraction of sp³-hybridized carbons (Fsp3) is 0.412. The number of carbonyl (C=O) groups is 1. The average molecular weight is 334 g/mol. The van der Waals surface area contributed by atoms with Gasteiger partial charge in [0.25, 0.3) is 5.91 Å². The van der Waals surface area contributed by atoms with E-state index in [1.807, 2.05) is 6.92 Å². The molecular weight excluding hydrogens is 315 g/mol. The predicted molar refractivity (Wildman–Crippen MR) is 83.3 cm³/mol. The lowest BCUT2D eigenvalue weighted by Gasteiger charge is -2.21. The molecule has 1 amide bonds. The molecule has 0 atom stereocenters. The Balaban J connectivity index is 1.68. The van der Waals surface area contributed by atoms with Crippen molar-refractivity contribution in [1.82, 2.24) is 10.5 Å². The summed E-state index contributed by atoms with van der Waals surface area (Å²) < 4.78 is 29.4. The number of amides is 1. The second-order valence-corrected chi connectivity index (χ2v) is 5.58. The van der Waals surface area contributed by atoms with Crippen LogP contribution in [0.15, 0.2) is 16.7 Å². The molecule has 0 unspecified atom stereocenters. The Hall–Kier alpha value is -2.41. The standard InChI is InChI=1S/C17H19FN2O4/c1-3-14-15(10(2)24-20-14)17(21)19-5-4-11-6-13(18)7-12-8-22-9-23-16(11)12/h6-7H,3-5,8-9H2,1-2H3,(H,19,21). The van der Waals surface area contributed by atoms with Gasteiger partial charge in [-0.2, -0.15) is 0 Å². The molecule has 3 rings (SSSR count). The van der Waals surface area contributed by atoms with E-state index in [4.69, 9.17) is 14.0 Å². The van der Waals surface area contributed by atoms with Gasteiger partial charge in [0.05, 0.1) is 12.3 Å². The van der Waals surface area contributed by atoms with Gasteiger partial charge in [-0.15, -0.1) is 0 Å². The van der Waals surface area contributed by atoms with E-state index in [2.05, 4.69) is 10.5 Å². The summed E-state index contributed by atoms with van der Waals surface area (Å²) in [5.41, 5.74) is 2.51. The first-order valence-electron chi connectivity index (χ1n) is 7.85. The van der Waals surface area contributed by atoms with Gasteiger partial charge in [-0.3, -0.25) is 4.79 Å². The first-order chi connectivity index (χ1) is 11.6. The van der Waals surface area contributed by atoms with Gasteiger partial charge in [0.15, 0.2) is 6.79 Å². The molecule has 0 spiro atoms. The Bertz CT molecular complexity index is 757. The highest BCUT2D eigenvalue weighted by Crippen LogP contribution is 2.29. The van der Waals surface area contributed by atoms with Crippen LogP contribution in [-0.4, -0.2) is 24.4 Å². The summed E-state index contributed by atoms with van der Waals surface area (Å²) in [6.07, 6.45) is 1.07. The third-order valence-electron chi connectivity index (χ3n) is 3.93. The number of rotatable bonds is 5. The van der Waals surface area contributed by atoms with E-state index in [0.717, 1.165) is 0 Å². The number of nitrogens with one attached hydrogen (secondary N) is 1. The molecule has 0 aliphatic carbocycles. The molecule has 0 fully saturated rings. The van der Waals surface area contributed by atoms with Crippen LogP contribution >= 0.6 is 0 Å². The van der Waals surface area contributed by atoms with Gasteiger partial charge in [0, 0.05) is 12.1 Å². The monoisotopic (exact) mass is 334 g/mol. The van der Waals surface area contributed by atoms with Crippen LogP contribution in [0.1, 0.15) is 39.9 Å². The largest absolute Gasteiger partial charge is 0.467 e. The average Bonchev–Trinajstić information content (AvgIpc) is 2.95. The Labute approximate surface area is 138 Å². The van der Waals surface area contributed by atoms with Gasteiger partial charge in [-0.1, -0.05) is 12.1 Å². The Morgan fingerprint density at radius 2 is 2.25 bits per heavy atom. The molecule has 128 valence electrons. The highest BCUT2D eigenvalue weighted by Gasteiger charge is 2.20. The molecule has 0 radical (unpaired) electrons. The molecule has 6 nitrogen and oxygen atoms in total. The fourth-order valence-electron chi connectivity index (χ4n) is 2.79. The topological polar surface area (TPSA) is 73.6 Å². The van der Waals surface area contributed by atoms with E-state index in [1.54, 1.807) is 6.92 Å². The summed E-state index contributed by atoms with van der Waals surface area (Å²) >= 11 is 0. The Kier molecular flexibility index (Phi) is 4.80. The van der Waals surface area contributed by atoms with Crippen LogP contribution in [0, 0.1) is 12.7 Å². The zero-order chi connectivity index (χ0) is 17.1. The van der Waals surface area contributed by atoms with Crippen molar-refractivity contribution in [3.8, 4) is 5.75 Å². The van der Waals surface area contributed by atoms with Gasteiger partial charge < -0.3 is 19.3 Å². The molecule has 1 aromatic carbocycles. The number of nitrogens with zero attached hydrogens (tertiary/aromatic N) is 1. The van der Waals surface area contributed by atoms with Crippen molar-refractivity contribution in [3.05, 3.63) is 46.1 Å². The van der Waals surface area contributed by atoms with Crippen molar-refractivity contribution in [2.45, 2.75) is 33.3 Å². The minimum absolute atomic E-state index is 0.151. The number of aryl methyl sites for hydroxylation is 2. The van der Waals surface area contributed by atoms with Gasteiger partial charge in [0.2, 0.25) is 0 Å². The van der Waals surface area contributed by atoms with E-state index in [-0.39, 0.29) is 18.5 Å². The molecule has 0 bridgehead atoms. The quantitative estimate of drug-likeness (QED) is 0.909. The van der Waals surface area contributed by atoms with E-state index in [9.17, 15) is 9.18 Å². The van der Waals surface area contributed by atoms with Crippen molar-refractivity contribution in [2.24, 2.45) is 0 Å². The summed E-state index contributed by atoms with van der Waals surface area (Å²) in [5.74, 6) is 0.563. The number of benzene rings is 1. The molecule has 1 N–H and O–H groups in total. The molecule has 24 heavy (non-hydrogen) atoms. The molecule has 7 heteroatoms. The molecule has 0 saturated carbocycles. The van der Waals surface area contributed by atoms with Gasteiger partial charge >= 0.3 is 0 Å². The second-order valence-electron chi connectivity index (χ2n) is 5.58. The highest BCUT2D eigenvalue weighted by atomic mass is 19.1.